The van der Waals surface area contributed by atoms with Crippen LogP contribution in [0, 0.1) is 5.82 Å². The Hall–Kier alpha value is -3.32. The van der Waals surface area contributed by atoms with Gasteiger partial charge in [-0.3, -0.25) is 15.1 Å². The van der Waals surface area contributed by atoms with Gasteiger partial charge in [-0.15, -0.1) is 11.3 Å². The standard InChI is InChI=1S/C19H12FN3O2S/c20-14-6-2-1-5-13(14)16-7-8-17(25-16)18(24)23-19-22-15(11-26-19)12-4-3-9-21-10-12/h1-11H,(H,22,23,24). The van der Waals surface area contributed by atoms with Crippen LogP contribution in [0.4, 0.5) is 9.52 Å². The van der Waals surface area contributed by atoms with E-state index in [2.05, 4.69) is 15.3 Å². The molecule has 1 N–H and O–H groups in total. The van der Waals surface area contributed by atoms with Crippen molar-refractivity contribution in [2.45, 2.75) is 0 Å². The minimum atomic E-state index is -0.445. The topological polar surface area (TPSA) is 68.0 Å². The smallest absolute Gasteiger partial charge is 0.293 e. The van der Waals surface area contributed by atoms with Gasteiger partial charge < -0.3 is 4.42 Å². The minimum Gasteiger partial charge on any atom is -0.451 e. The van der Waals surface area contributed by atoms with Gasteiger partial charge in [-0.05, 0) is 36.4 Å². The number of amides is 1. The van der Waals surface area contributed by atoms with E-state index in [9.17, 15) is 9.18 Å². The molecule has 26 heavy (non-hydrogen) atoms. The zero-order valence-electron chi connectivity index (χ0n) is 13.3. The van der Waals surface area contributed by atoms with Crippen LogP contribution in [0.2, 0.25) is 0 Å². The highest BCUT2D eigenvalue weighted by molar-refractivity contribution is 7.14. The van der Waals surface area contributed by atoms with E-state index >= 15 is 0 Å². The van der Waals surface area contributed by atoms with Crippen molar-refractivity contribution in [3.63, 3.8) is 0 Å². The van der Waals surface area contributed by atoms with Crippen molar-refractivity contribution in [3.8, 4) is 22.6 Å². The molecule has 128 valence electrons. The second-order valence-electron chi connectivity index (χ2n) is 5.38. The maximum absolute atomic E-state index is 13.8. The molecule has 5 nitrogen and oxygen atoms in total. The second kappa shape index (κ2) is 6.89. The number of furan rings is 1. The number of anilines is 1. The summed E-state index contributed by atoms with van der Waals surface area (Å²) in [5.74, 6) is -0.473. The van der Waals surface area contributed by atoms with Crippen LogP contribution in [0.15, 0.2) is 70.7 Å². The molecule has 0 aliphatic heterocycles. The molecule has 3 heterocycles. The number of carbonyl (C=O) groups is 1. The van der Waals surface area contributed by atoms with Crippen LogP contribution in [0.1, 0.15) is 10.6 Å². The Bertz CT molecular complexity index is 1060. The minimum absolute atomic E-state index is 0.0846. The summed E-state index contributed by atoms with van der Waals surface area (Å²) in [5.41, 5.74) is 1.90. The van der Waals surface area contributed by atoms with Crippen LogP contribution in [0.5, 0.6) is 0 Å². The zero-order chi connectivity index (χ0) is 17.9. The second-order valence-corrected chi connectivity index (χ2v) is 6.24. The van der Waals surface area contributed by atoms with Gasteiger partial charge in [0.2, 0.25) is 0 Å². The van der Waals surface area contributed by atoms with Gasteiger partial charge in [-0.1, -0.05) is 12.1 Å². The SMILES string of the molecule is O=C(Nc1nc(-c2cccnc2)cs1)c1ccc(-c2ccccc2F)o1. The number of aromatic nitrogens is 2. The normalized spacial score (nSPS) is 10.7. The number of benzene rings is 1. The Labute approximate surface area is 152 Å². The lowest BCUT2D eigenvalue weighted by molar-refractivity contribution is 0.0997. The summed E-state index contributed by atoms with van der Waals surface area (Å²) in [6.45, 7) is 0. The van der Waals surface area contributed by atoms with Crippen LogP contribution >= 0.6 is 11.3 Å². The lowest BCUT2D eigenvalue weighted by Gasteiger charge is -2.00. The molecule has 0 saturated heterocycles. The molecular weight excluding hydrogens is 353 g/mol. The summed E-state index contributed by atoms with van der Waals surface area (Å²) in [7, 11) is 0. The fourth-order valence-electron chi connectivity index (χ4n) is 2.40. The van der Waals surface area contributed by atoms with E-state index in [-0.39, 0.29) is 5.76 Å². The average molecular weight is 365 g/mol. The van der Waals surface area contributed by atoms with Gasteiger partial charge >= 0.3 is 0 Å². The molecule has 0 radical (unpaired) electrons. The molecule has 4 rings (SSSR count). The van der Waals surface area contributed by atoms with Gasteiger partial charge in [-0.25, -0.2) is 9.37 Å². The first-order valence-electron chi connectivity index (χ1n) is 7.73. The Kier molecular flexibility index (Phi) is 4.28. The van der Waals surface area contributed by atoms with Crippen molar-refractivity contribution in [3.05, 3.63) is 77.9 Å². The number of hydrogen-bond acceptors (Lipinski definition) is 5. The summed E-state index contributed by atoms with van der Waals surface area (Å²) in [6, 6.07) is 13.0. The average Bonchev–Trinajstić information content (AvgIpc) is 3.33. The van der Waals surface area contributed by atoms with E-state index in [1.165, 1.54) is 23.5 Å². The third-order valence-corrected chi connectivity index (χ3v) is 4.41. The molecule has 0 bridgehead atoms. The molecule has 3 aromatic heterocycles. The number of hydrogen-bond donors (Lipinski definition) is 1. The molecule has 0 atom stereocenters. The van der Waals surface area contributed by atoms with Gasteiger partial charge in [0.25, 0.3) is 5.91 Å². The third kappa shape index (κ3) is 3.25. The molecule has 1 aromatic carbocycles. The molecule has 0 aliphatic carbocycles. The Morgan fingerprint density at radius 3 is 2.81 bits per heavy atom. The lowest BCUT2D eigenvalue weighted by atomic mass is 10.1. The molecule has 0 aliphatic rings. The number of pyridine rings is 1. The molecule has 0 fully saturated rings. The van der Waals surface area contributed by atoms with Gasteiger partial charge in [0, 0.05) is 23.3 Å². The molecule has 1 amide bonds. The van der Waals surface area contributed by atoms with E-state index < -0.39 is 11.7 Å². The quantitative estimate of drug-likeness (QED) is 0.561. The van der Waals surface area contributed by atoms with Crippen LogP contribution < -0.4 is 5.32 Å². The number of nitrogens with zero attached hydrogens (tertiary/aromatic N) is 2. The van der Waals surface area contributed by atoms with Crippen LogP contribution in [0.3, 0.4) is 0 Å². The fourth-order valence-corrected chi connectivity index (χ4v) is 3.12. The monoisotopic (exact) mass is 365 g/mol. The molecule has 0 unspecified atom stereocenters. The fraction of sp³-hybridized carbons (Fsp3) is 0. The van der Waals surface area contributed by atoms with Gasteiger partial charge in [0.1, 0.15) is 11.6 Å². The highest BCUT2D eigenvalue weighted by Gasteiger charge is 2.16. The number of halogens is 1. The molecular formula is C19H12FN3O2S. The van der Waals surface area contributed by atoms with E-state index in [1.54, 1.807) is 36.7 Å². The van der Waals surface area contributed by atoms with Crippen molar-refractivity contribution in [2.75, 3.05) is 5.32 Å². The molecule has 7 heteroatoms. The third-order valence-electron chi connectivity index (χ3n) is 3.65. The van der Waals surface area contributed by atoms with E-state index in [4.69, 9.17) is 4.42 Å². The van der Waals surface area contributed by atoms with Crippen LogP contribution in [-0.4, -0.2) is 15.9 Å². The summed E-state index contributed by atoms with van der Waals surface area (Å²) < 4.78 is 19.3. The summed E-state index contributed by atoms with van der Waals surface area (Å²) >= 11 is 1.30. The first kappa shape index (κ1) is 16.2. The summed E-state index contributed by atoms with van der Waals surface area (Å²) in [6.07, 6.45) is 3.39. The lowest BCUT2D eigenvalue weighted by Crippen LogP contribution is -2.10. The van der Waals surface area contributed by atoms with Gasteiger partial charge in [0.15, 0.2) is 10.9 Å². The molecule has 0 saturated carbocycles. The van der Waals surface area contributed by atoms with E-state index in [0.717, 1.165) is 11.3 Å². The number of nitrogens with one attached hydrogen (secondary N) is 1. The largest absolute Gasteiger partial charge is 0.451 e. The van der Waals surface area contributed by atoms with E-state index in [0.29, 0.717) is 16.5 Å². The highest BCUT2D eigenvalue weighted by atomic mass is 32.1. The predicted molar refractivity (Wildman–Crippen MR) is 97.4 cm³/mol. The van der Waals surface area contributed by atoms with Crippen molar-refractivity contribution >= 4 is 22.4 Å². The predicted octanol–water partition coefficient (Wildman–Crippen LogP) is 4.86. The Morgan fingerprint density at radius 1 is 1.12 bits per heavy atom. The van der Waals surface area contributed by atoms with Gasteiger partial charge in [0.05, 0.1) is 11.3 Å². The van der Waals surface area contributed by atoms with Crippen molar-refractivity contribution < 1.29 is 13.6 Å². The Morgan fingerprint density at radius 2 is 2.00 bits per heavy atom. The zero-order valence-corrected chi connectivity index (χ0v) is 14.2. The molecule has 4 aromatic rings. The van der Waals surface area contributed by atoms with Crippen molar-refractivity contribution in [1.29, 1.82) is 0 Å². The molecule has 0 spiro atoms. The number of rotatable bonds is 4. The van der Waals surface area contributed by atoms with Crippen molar-refractivity contribution in [1.82, 2.24) is 9.97 Å². The van der Waals surface area contributed by atoms with Gasteiger partial charge in [-0.2, -0.15) is 0 Å². The number of carbonyl (C=O) groups excluding carboxylic acids is 1. The summed E-state index contributed by atoms with van der Waals surface area (Å²) in [5, 5.41) is 4.96. The first-order valence-corrected chi connectivity index (χ1v) is 8.61. The first-order chi connectivity index (χ1) is 12.7. The maximum Gasteiger partial charge on any atom is 0.293 e. The summed E-state index contributed by atoms with van der Waals surface area (Å²) in [4.78, 5) is 20.8. The van der Waals surface area contributed by atoms with Crippen molar-refractivity contribution in [2.24, 2.45) is 0 Å². The van der Waals surface area contributed by atoms with E-state index in [1.807, 2.05) is 17.5 Å². The highest BCUT2D eigenvalue weighted by Crippen LogP contribution is 2.27. The van der Waals surface area contributed by atoms with Crippen LogP contribution in [-0.2, 0) is 0 Å². The maximum atomic E-state index is 13.8. The number of thiazole rings is 1. The Balaban J connectivity index is 1.51. The van der Waals surface area contributed by atoms with Crippen LogP contribution in [0.25, 0.3) is 22.6 Å².